The molecule has 2 aromatic rings. The molecule has 1 fully saturated rings. The number of fused-ring (bicyclic) bond motifs is 1. The first kappa shape index (κ1) is 14.8. The molecule has 3 rings (SSSR count). The van der Waals surface area contributed by atoms with Gasteiger partial charge in [-0.05, 0) is 38.0 Å². The standard InChI is InChI=1S/C15H17BrN2O2S/c1-15(5-2-6-20-8-15)18-14(19)13-12(17)10-7-9(16)3-4-11(10)21-13/h3-4,7H,2,5-6,8,17H2,1H3,(H,18,19). The van der Waals surface area contributed by atoms with Gasteiger partial charge in [-0.25, -0.2) is 0 Å². The van der Waals surface area contributed by atoms with E-state index in [-0.39, 0.29) is 11.4 Å². The summed E-state index contributed by atoms with van der Waals surface area (Å²) in [6, 6.07) is 5.88. The summed E-state index contributed by atoms with van der Waals surface area (Å²) in [6.45, 7) is 3.34. The number of nitrogens with one attached hydrogen (secondary N) is 1. The first-order valence-electron chi connectivity index (χ1n) is 6.86. The summed E-state index contributed by atoms with van der Waals surface area (Å²) in [5, 5.41) is 4.00. The van der Waals surface area contributed by atoms with Gasteiger partial charge in [-0.15, -0.1) is 11.3 Å². The Kier molecular flexibility index (Phi) is 3.94. The van der Waals surface area contributed by atoms with E-state index in [4.69, 9.17) is 10.5 Å². The van der Waals surface area contributed by atoms with Crippen LogP contribution in [0.25, 0.3) is 10.1 Å². The summed E-state index contributed by atoms with van der Waals surface area (Å²) in [7, 11) is 0. The molecule has 1 aliphatic rings. The molecule has 0 saturated carbocycles. The molecule has 1 aliphatic heterocycles. The molecule has 1 unspecified atom stereocenters. The van der Waals surface area contributed by atoms with Crippen molar-refractivity contribution in [2.45, 2.75) is 25.3 Å². The lowest BCUT2D eigenvalue weighted by atomic mass is 9.95. The third-order valence-electron chi connectivity index (χ3n) is 3.75. The van der Waals surface area contributed by atoms with Crippen molar-refractivity contribution in [3.05, 3.63) is 27.5 Å². The molecule has 3 N–H and O–H groups in total. The lowest BCUT2D eigenvalue weighted by Crippen LogP contribution is -2.51. The Labute approximate surface area is 135 Å². The lowest BCUT2D eigenvalue weighted by molar-refractivity contribution is 0.0274. The summed E-state index contributed by atoms with van der Waals surface area (Å²) >= 11 is 4.86. The Morgan fingerprint density at radius 1 is 1.52 bits per heavy atom. The number of benzene rings is 1. The van der Waals surface area contributed by atoms with E-state index in [1.807, 2.05) is 25.1 Å². The van der Waals surface area contributed by atoms with E-state index >= 15 is 0 Å². The highest BCUT2D eigenvalue weighted by atomic mass is 79.9. The van der Waals surface area contributed by atoms with Crippen LogP contribution >= 0.6 is 27.3 Å². The van der Waals surface area contributed by atoms with Gasteiger partial charge in [-0.2, -0.15) is 0 Å². The van der Waals surface area contributed by atoms with Crippen LogP contribution in [0.15, 0.2) is 22.7 Å². The van der Waals surface area contributed by atoms with Gasteiger partial charge in [0.05, 0.1) is 17.8 Å². The number of rotatable bonds is 2. The van der Waals surface area contributed by atoms with Gasteiger partial charge in [0.25, 0.3) is 5.91 Å². The number of anilines is 1. The summed E-state index contributed by atoms with van der Waals surface area (Å²) in [5.41, 5.74) is 6.40. The Hall–Kier alpha value is -1.11. The smallest absolute Gasteiger partial charge is 0.264 e. The molecule has 1 aromatic carbocycles. The molecular weight excluding hydrogens is 352 g/mol. The van der Waals surface area contributed by atoms with Gasteiger partial charge in [-0.3, -0.25) is 4.79 Å². The van der Waals surface area contributed by atoms with Crippen molar-refractivity contribution < 1.29 is 9.53 Å². The molecule has 21 heavy (non-hydrogen) atoms. The average Bonchev–Trinajstić information content (AvgIpc) is 2.76. The summed E-state index contributed by atoms with van der Waals surface area (Å²) < 4.78 is 7.45. The molecule has 4 nitrogen and oxygen atoms in total. The van der Waals surface area contributed by atoms with Crippen LogP contribution in [0.2, 0.25) is 0 Å². The number of nitrogen functional groups attached to an aromatic ring is 1. The maximum atomic E-state index is 12.5. The summed E-state index contributed by atoms with van der Waals surface area (Å²) in [5.74, 6) is -0.113. The number of halogens is 1. The monoisotopic (exact) mass is 368 g/mol. The van der Waals surface area contributed by atoms with E-state index in [9.17, 15) is 4.79 Å². The fourth-order valence-corrected chi connectivity index (χ4v) is 3.98. The number of ether oxygens (including phenoxy) is 1. The zero-order chi connectivity index (χ0) is 15.0. The van der Waals surface area contributed by atoms with Crippen LogP contribution in [0.4, 0.5) is 5.69 Å². The number of carbonyl (C=O) groups is 1. The van der Waals surface area contributed by atoms with E-state index in [0.717, 1.165) is 34.0 Å². The van der Waals surface area contributed by atoms with Crippen LogP contribution < -0.4 is 11.1 Å². The first-order valence-corrected chi connectivity index (χ1v) is 8.47. The third-order valence-corrected chi connectivity index (χ3v) is 5.43. The SMILES string of the molecule is CC1(NC(=O)c2sc3ccc(Br)cc3c2N)CCCOC1. The molecule has 0 aliphatic carbocycles. The average molecular weight is 369 g/mol. The van der Waals surface area contributed by atoms with Gasteiger partial charge in [-0.1, -0.05) is 15.9 Å². The summed E-state index contributed by atoms with van der Waals surface area (Å²) in [6.07, 6.45) is 1.89. The number of thiophene rings is 1. The van der Waals surface area contributed by atoms with Gasteiger partial charge < -0.3 is 15.8 Å². The zero-order valence-electron chi connectivity index (χ0n) is 11.7. The van der Waals surface area contributed by atoms with E-state index in [1.165, 1.54) is 11.3 Å². The lowest BCUT2D eigenvalue weighted by Gasteiger charge is -2.34. The molecule has 1 amide bonds. The molecule has 0 radical (unpaired) electrons. The van der Waals surface area contributed by atoms with Gasteiger partial charge in [0, 0.05) is 21.2 Å². The van der Waals surface area contributed by atoms with Gasteiger partial charge in [0.1, 0.15) is 4.88 Å². The van der Waals surface area contributed by atoms with Crippen LogP contribution in [0, 0.1) is 0 Å². The molecule has 0 spiro atoms. The van der Waals surface area contributed by atoms with Crippen molar-refractivity contribution in [3.8, 4) is 0 Å². The number of carbonyl (C=O) groups excluding carboxylic acids is 1. The topological polar surface area (TPSA) is 64.4 Å². The highest BCUT2D eigenvalue weighted by Crippen LogP contribution is 2.35. The molecular formula is C15H17BrN2O2S. The van der Waals surface area contributed by atoms with E-state index in [1.54, 1.807) is 0 Å². The minimum atomic E-state index is -0.307. The minimum absolute atomic E-state index is 0.113. The van der Waals surface area contributed by atoms with Crippen LogP contribution in [-0.2, 0) is 4.74 Å². The van der Waals surface area contributed by atoms with Crippen LogP contribution in [0.1, 0.15) is 29.4 Å². The van der Waals surface area contributed by atoms with Crippen molar-refractivity contribution in [2.24, 2.45) is 0 Å². The highest BCUT2D eigenvalue weighted by molar-refractivity contribution is 9.10. The quantitative estimate of drug-likeness (QED) is 0.851. The molecule has 1 saturated heterocycles. The fourth-order valence-electron chi connectivity index (χ4n) is 2.62. The highest BCUT2D eigenvalue weighted by Gasteiger charge is 2.31. The normalized spacial score (nSPS) is 22.4. The zero-order valence-corrected chi connectivity index (χ0v) is 14.1. The number of hydrogen-bond acceptors (Lipinski definition) is 4. The number of amides is 1. The Bertz CT molecular complexity index is 692. The van der Waals surface area contributed by atoms with E-state index < -0.39 is 0 Å². The van der Waals surface area contributed by atoms with Crippen LogP contribution in [0.5, 0.6) is 0 Å². The largest absolute Gasteiger partial charge is 0.397 e. The first-order chi connectivity index (χ1) is 9.98. The maximum absolute atomic E-state index is 12.5. The van der Waals surface area contributed by atoms with E-state index in [2.05, 4.69) is 21.2 Å². The predicted molar refractivity (Wildman–Crippen MR) is 89.9 cm³/mol. The van der Waals surface area contributed by atoms with Crippen molar-refractivity contribution in [1.82, 2.24) is 5.32 Å². The maximum Gasteiger partial charge on any atom is 0.264 e. The molecule has 1 atom stereocenters. The fraction of sp³-hybridized carbons (Fsp3) is 0.400. The van der Waals surface area contributed by atoms with Gasteiger partial charge in [0.2, 0.25) is 0 Å². The Balaban J connectivity index is 1.89. The van der Waals surface area contributed by atoms with Crippen molar-refractivity contribution in [1.29, 1.82) is 0 Å². The van der Waals surface area contributed by atoms with E-state index in [0.29, 0.717) is 17.2 Å². The predicted octanol–water partition coefficient (Wildman–Crippen LogP) is 3.54. The molecule has 112 valence electrons. The van der Waals surface area contributed by atoms with Crippen molar-refractivity contribution in [2.75, 3.05) is 18.9 Å². The second-order valence-corrected chi connectivity index (χ2v) is 7.62. The number of nitrogens with two attached hydrogens (primary N) is 1. The molecule has 1 aromatic heterocycles. The molecule has 6 heteroatoms. The molecule has 2 heterocycles. The minimum Gasteiger partial charge on any atom is -0.397 e. The summed E-state index contributed by atoms with van der Waals surface area (Å²) in [4.78, 5) is 13.1. The van der Waals surface area contributed by atoms with Crippen LogP contribution in [-0.4, -0.2) is 24.7 Å². The second-order valence-electron chi connectivity index (χ2n) is 5.66. The van der Waals surface area contributed by atoms with Crippen LogP contribution in [0.3, 0.4) is 0 Å². The number of hydrogen-bond donors (Lipinski definition) is 2. The second kappa shape index (κ2) is 5.59. The van der Waals surface area contributed by atoms with Crippen molar-refractivity contribution >= 4 is 48.9 Å². The van der Waals surface area contributed by atoms with Crippen molar-refractivity contribution in [3.63, 3.8) is 0 Å². The Morgan fingerprint density at radius 3 is 3.05 bits per heavy atom. The van der Waals surface area contributed by atoms with Gasteiger partial charge in [0.15, 0.2) is 0 Å². The Morgan fingerprint density at radius 2 is 2.33 bits per heavy atom. The third kappa shape index (κ3) is 2.93. The molecule has 0 bridgehead atoms. The van der Waals surface area contributed by atoms with Gasteiger partial charge >= 0.3 is 0 Å².